The summed E-state index contributed by atoms with van der Waals surface area (Å²) in [6.07, 6.45) is -4.80. The Morgan fingerprint density at radius 3 is 2.00 bits per heavy atom. The van der Waals surface area contributed by atoms with Crippen molar-refractivity contribution in [3.8, 4) is 0 Å². The zero-order valence-corrected chi connectivity index (χ0v) is 10.2. The van der Waals surface area contributed by atoms with Crippen molar-refractivity contribution in [1.29, 1.82) is 0 Å². The van der Waals surface area contributed by atoms with Crippen LogP contribution in [0.3, 0.4) is 0 Å². The van der Waals surface area contributed by atoms with Crippen molar-refractivity contribution in [3.63, 3.8) is 0 Å². The fourth-order valence-corrected chi connectivity index (χ4v) is 1.49. The minimum atomic E-state index is -4.80. The average Bonchev–Trinajstić information content (AvgIpc) is 2.36. The molecule has 0 unspecified atom stereocenters. The molecule has 5 nitrogen and oxygen atoms in total. The fraction of sp³-hybridized carbons (Fsp3) is 0.0909. The molecule has 2 rings (SSSR count). The van der Waals surface area contributed by atoms with Gasteiger partial charge in [-0.05, 0) is 12.1 Å². The lowest BCUT2D eigenvalue weighted by Gasteiger charge is -2.11. The van der Waals surface area contributed by atoms with Gasteiger partial charge in [-0.15, -0.1) is 0 Å². The molecule has 112 valence electrons. The van der Waals surface area contributed by atoms with Gasteiger partial charge >= 0.3 is 6.18 Å². The van der Waals surface area contributed by atoms with Crippen molar-refractivity contribution in [2.24, 2.45) is 5.84 Å². The molecule has 0 atom stereocenters. The van der Waals surface area contributed by atoms with E-state index in [-0.39, 0.29) is 17.3 Å². The first-order valence-corrected chi connectivity index (χ1v) is 5.44. The van der Waals surface area contributed by atoms with Crippen LogP contribution in [0.5, 0.6) is 0 Å². The first kappa shape index (κ1) is 14.9. The number of alkyl halides is 3. The second-order valence-corrected chi connectivity index (χ2v) is 3.89. The molecular weight excluding hydrogens is 297 g/mol. The summed E-state index contributed by atoms with van der Waals surface area (Å²) in [6, 6.07) is 3.47. The molecule has 4 N–H and O–H groups in total. The number of hydrogen-bond acceptors (Lipinski definition) is 5. The second-order valence-electron chi connectivity index (χ2n) is 3.89. The van der Waals surface area contributed by atoms with E-state index in [9.17, 15) is 22.0 Å². The zero-order chi connectivity index (χ0) is 15.6. The Labute approximate surface area is 115 Å². The van der Waals surface area contributed by atoms with Crippen LogP contribution in [-0.2, 0) is 6.18 Å². The first-order valence-electron chi connectivity index (χ1n) is 5.44. The Hall–Kier alpha value is -2.49. The third-order valence-electron chi connectivity index (χ3n) is 2.26. The minimum Gasteiger partial charge on any atom is -0.340 e. The van der Waals surface area contributed by atoms with Gasteiger partial charge in [0.15, 0.2) is 0 Å². The zero-order valence-electron chi connectivity index (χ0n) is 10.2. The van der Waals surface area contributed by atoms with Gasteiger partial charge in [-0.25, -0.2) is 24.6 Å². The molecule has 0 bridgehead atoms. The molecule has 21 heavy (non-hydrogen) atoms. The summed E-state index contributed by atoms with van der Waals surface area (Å²) in [5.41, 5.74) is 1.84. The first-order chi connectivity index (χ1) is 9.77. The molecule has 1 aromatic carbocycles. The van der Waals surface area contributed by atoms with E-state index in [1.807, 2.05) is 5.43 Å². The Bertz CT molecular complexity index is 638. The van der Waals surface area contributed by atoms with Crippen LogP contribution >= 0.6 is 0 Å². The lowest BCUT2D eigenvalue weighted by molar-refractivity contribution is -0.144. The monoisotopic (exact) mass is 305 g/mol. The second kappa shape index (κ2) is 5.48. The van der Waals surface area contributed by atoms with Gasteiger partial charge in [-0.1, -0.05) is 0 Å². The highest BCUT2D eigenvalue weighted by Crippen LogP contribution is 2.29. The lowest BCUT2D eigenvalue weighted by Crippen LogP contribution is -2.16. The lowest BCUT2D eigenvalue weighted by atomic mass is 10.3. The molecule has 0 aliphatic rings. The molecule has 0 saturated heterocycles. The van der Waals surface area contributed by atoms with Gasteiger partial charge in [0.25, 0.3) is 0 Å². The number of nitrogens with zero attached hydrogens (tertiary/aromatic N) is 2. The van der Waals surface area contributed by atoms with Gasteiger partial charge in [0, 0.05) is 17.8 Å². The minimum absolute atomic E-state index is 0.109. The molecule has 0 fully saturated rings. The molecule has 0 aliphatic carbocycles. The molecule has 1 aromatic heterocycles. The summed E-state index contributed by atoms with van der Waals surface area (Å²) < 4.78 is 63.9. The third-order valence-corrected chi connectivity index (χ3v) is 2.26. The van der Waals surface area contributed by atoms with Crippen molar-refractivity contribution >= 4 is 17.3 Å². The Kier molecular flexibility index (Phi) is 3.89. The van der Waals surface area contributed by atoms with Gasteiger partial charge in [0.2, 0.25) is 5.82 Å². The smallest absolute Gasteiger partial charge is 0.340 e. The van der Waals surface area contributed by atoms with Gasteiger partial charge in [0.05, 0.1) is 0 Å². The van der Waals surface area contributed by atoms with Crippen LogP contribution in [0.1, 0.15) is 5.82 Å². The van der Waals surface area contributed by atoms with E-state index in [0.29, 0.717) is 6.07 Å². The van der Waals surface area contributed by atoms with E-state index in [1.165, 1.54) is 0 Å². The maximum atomic E-state index is 13.0. The molecule has 0 spiro atoms. The summed E-state index contributed by atoms with van der Waals surface area (Å²) in [6.45, 7) is 0. The van der Waals surface area contributed by atoms with E-state index in [1.54, 1.807) is 0 Å². The molecule has 0 aliphatic heterocycles. The van der Waals surface area contributed by atoms with Crippen molar-refractivity contribution in [2.75, 3.05) is 10.7 Å². The topological polar surface area (TPSA) is 75.9 Å². The van der Waals surface area contributed by atoms with Crippen molar-refractivity contribution in [2.45, 2.75) is 6.18 Å². The predicted octanol–water partition coefficient (Wildman–Crippen LogP) is 2.80. The molecule has 2 aromatic rings. The highest BCUT2D eigenvalue weighted by atomic mass is 19.4. The quantitative estimate of drug-likeness (QED) is 0.462. The van der Waals surface area contributed by atoms with Crippen LogP contribution in [-0.4, -0.2) is 9.97 Å². The highest BCUT2D eigenvalue weighted by molar-refractivity contribution is 5.59. The van der Waals surface area contributed by atoms with Gasteiger partial charge in [-0.3, -0.25) is 0 Å². The maximum Gasteiger partial charge on any atom is 0.451 e. The number of benzene rings is 1. The van der Waals surface area contributed by atoms with Gasteiger partial charge < -0.3 is 10.7 Å². The van der Waals surface area contributed by atoms with Crippen molar-refractivity contribution in [1.82, 2.24) is 9.97 Å². The number of rotatable bonds is 3. The molecule has 10 heteroatoms. The molecular formula is C11H8F5N5. The normalized spacial score (nSPS) is 11.3. The van der Waals surface area contributed by atoms with Gasteiger partial charge in [0.1, 0.15) is 23.3 Å². The van der Waals surface area contributed by atoms with Crippen LogP contribution in [0.4, 0.5) is 39.3 Å². The summed E-state index contributed by atoms with van der Waals surface area (Å²) >= 11 is 0. The van der Waals surface area contributed by atoms with E-state index in [4.69, 9.17) is 5.84 Å². The highest BCUT2D eigenvalue weighted by Gasteiger charge is 2.35. The Morgan fingerprint density at radius 2 is 1.48 bits per heavy atom. The van der Waals surface area contributed by atoms with E-state index in [0.717, 1.165) is 18.2 Å². The average molecular weight is 305 g/mol. The molecule has 0 radical (unpaired) electrons. The largest absolute Gasteiger partial charge is 0.451 e. The maximum absolute atomic E-state index is 13.0. The number of nitrogens with two attached hydrogens (primary N) is 1. The number of anilines is 3. The number of hydrogen-bond donors (Lipinski definition) is 3. The van der Waals surface area contributed by atoms with E-state index < -0.39 is 23.6 Å². The van der Waals surface area contributed by atoms with Crippen molar-refractivity contribution in [3.05, 3.63) is 41.7 Å². The third kappa shape index (κ3) is 3.75. The van der Waals surface area contributed by atoms with E-state index in [2.05, 4.69) is 15.3 Å². The number of aromatic nitrogens is 2. The predicted molar refractivity (Wildman–Crippen MR) is 64.5 cm³/mol. The standard InChI is InChI=1S/C11H8F5N5/c12-5-1-6(13)3-7(2-5)18-8-4-9(21-17)20-10(19-8)11(14,15)16/h1-4H,17H2,(H2,18,19,20,21). The molecule has 1 heterocycles. The summed E-state index contributed by atoms with van der Waals surface area (Å²) in [5, 5.41) is 2.35. The molecule has 0 saturated carbocycles. The van der Waals surface area contributed by atoms with Crippen LogP contribution in [0.15, 0.2) is 24.3 Å². The Morgan fingerprint density at radius 1 is 0.905 bits per heavy atom. The van der Waals surface area contributed by atoms with Crippen LogP contribution in [0.2, 0.25) is 0 Å². The number of hydrazine groups is 1. The molecule has 0 amide bonds. The van der Waals surface area contributed by atoms with Crippen LogP contribution in [0, 0.1) is 11.6 Å². The number of halogens is 5. The summed E-state index contributed by atoms with van der Waals surface area (Å²) in [4.78, 5) is 6.36. The number of nitrogen functional groups attached to an aromatic ring is 1. The fourth-order valence-electron chi connectivity index (χ4n) is 1.49. The van der Waals surface area contributed by atoms with Crippen LogP contribution in [0.25, 0.3) is 0 Å². The van der Waals surface area contributed by atoms with E-state index >= 15 is 0 Å². The van der Waals surface area contributed by atoms with Crippen LogP contribution < -0.4 is 16.6 Å². The SMILES string of the molecule is NNc1cc(Nc2cc(F)cc(F)c2)nc(C(F)(F)F)n1. The number of nitrogens with one attached hydrogen (secondary N) is 2. The van der Waals surface area contributed by atoms with Crippen molar-refractivity contribution < 1.29 is 22.0 Å². The van der Waals surface area contributed by atoms with Gasteiger partial charge in [-0.2, -0.15) is 13.2 Å². The summed E-state index contributed by atoms with van der Waals surface area (Å²) in [7, 11) is 0. The summed E-state index contributed by atoms with van der Waals surface area (Å²) in [5.74, 6) is 1.16. The Balaban J connectivity index is 2.39.